The number of carbonyl (C=O) groups excluding carboxylic acids is 2. The third-order valence-corrected chi connectivity index (χ3v) is 5.56. The molecule has 0 saturated carbocycles. The fraction of sp³-hybridized carbons (Fsp3) is 0.364. The van der Waals surface area contributed by atoms with Crippen molar-refractivity contribution in [3.8, 4) is 0 Å². The molecule has 1 saturated heterocycles. The van der Waals surface area contributed by atoms with Crippen molar-refractivity contribution in [2.24, 2.45) is 5.92 Å². The smallest absolute Gasteiger partial charge is 0.229 e. The number of para-hydroxylation sites is 1. The Labute approximate surface area is 165 Å². The first-order chi connectivity index (χ1) is 12.9. The molecule has 1 N–H and O–H groups in total. The lowest BCUT2D eigenvalue weighted by atomic mass is 9.96. The van der Waals surface area contributed by atoms with Crippen molar-refractivity contribution in [1.29, 1.82) is 0 Å². The minimum atomic E-state index is -0.389. The predicted octanol–water partition coefficient (Wildman–Crippen LogP) is 5.15. The molecule has 0 unspecified atom stereocenters. The van der Waals surface area contributed by atoms with Crippen LogP contribution in [0.5, 0.6) is 0 Å². The van der Waals surface area contributed by atoms with Crippen LogP contribution in [0.15, 0.2) is 42.5 Å². The molecule has 1 heterocycles. The molecule has 1 aliphatic rings. The summed E-state index contributed by atoms with van der Waals surface area (Å²) in [6.45, 7) is 6.62. The first-order valence-corrected chi connectivity index (χ1v) is 9.74. The second-order valence-electron chi connectivity index (χ2n) is 7.25. The van der Waals surface area contributed by atoms with E-state index in [-0.39, 0.29) is 24.2 Å². The van der Waals surface area contributed by atoms with Crippen molar-refractivity contribution in [3.63, 3.8) is 0 Å². The third kappa shape index (κ3) is 4.16. The molecule has 1 aliphatic heterocycles. The van der Waals surface area contributed by atoms with Gasteiger partial charge in [-0.1, -0.05) is 49.7 Å². The molecular formula is C22H25ClN2O2. The van der Waals surface area contributed by atoms with E-state index >= 15 is 0 Å². The second-order valence-corrected chi connectivity index (χ2v) is 7.65. The van der Waals surface area contributed by atoms with Crippen molar-refractivity contribution >= 4 is 34.8 Å². The summed E-state index contributed by atoms with van der Waals surface area (Å²) in [5, 5.41) is 3.38. The zero-order valence-electron chi connectivity index (χ0n) is 16.0. The number of amides is 2. The summed E-state index contributed by atoms with van der Waals surface area (Å²) >= 11 is 6.21. The van der Waals surface area contributed by atoms with Gasteiger partial charge in [-0.3, -0.25) is 9.59 Å². The van der Waals surface area contributed by atoms with E-state index in [1.54, 1.807) is 11.0 Å². The highest BCUT2D eigenvalue weighted by molar-refractivity contribution is 6.33. The van der Waals surface area contributed by atoms with E-state index in [1.165, 1.54) is 0 Å². The van der Waals surface area contributed by atoms with Gasteiger partial charge in [0.25, 0.3) is 0 Å². The van der Waals surface area contributed by atoms with Crippen LogP contribution in [0.4, 0.5) is 11.4 Å². The first-order valence-electron chi connectivity index (χ1n) is 9.37. The SMILES string of the molecule is CC[C@H](C)c1ccccc1N1C[C@H](C(=O)Nc2ccc(C)cc2Cl)CC1=O. The van der Waals surface area contributed by atoms with Crippen molar-refractivity contribution in [3.05, 3.63) is 58.6 Å². The fourth-order valence-corrected chi connectivity index (χ4v) is 3.72. The Bertz CT molecular complexity index is 865. The third-order valence-electron chi connectivity index (χ3n) is 5.25. The zero-order valence-corrected chi connectivity index (χ0v) is 16.7. The number of nitrogens with one attached hydrogen (secondary N) is 1. The summed E-state index contributed by atoms with van der Waals surface area (Å²) in [7, 11) is 0. The van der Waals surface area contributed by atoms with Gasteiger partial charge in [0.1, 0.15) is 0 Å². The van der Waals surface area contributed by atoms with Gasteiger partial charge in [-0.15, -0.1) is 0 Å². The second kappa shape index (κ2) is 8.13. The van der Waals surface area contributed by atoms with Gasteiger partial charge in [0.2, 0.25) is 11.8 Å². The lowest BCUT2D eigenvalue weighted by Crippen LogP contribution is -2.29. The van der Waals surface area contributed by atoms with Gasteiger partial charge >= 0.3 is 0 Å². The summed E-state index contributed by atoms with van der Waals surface area (Å²) in [4.78, 5) is 27.1. The van der Waals surface area contributed by atoms with E-state index in [0.29, 0.717) is 23.2 Å². The number of carbonyl (C=O) groups is 2. The number of nitrogens with zero attached hydrogens (tertiary/aromatic N) is 1. The number of halogens is 1. The summed E-state index contributed by atoms with van der Waals surface area (Å²) in [5.41, 5.74) is 3.68. The highest BCUT2D eigenvalue weighted by Crippen LogP contribution is 2.34. The molecule has 2 atom stereocenters. The lowest BCUT2D eigenvalue weighted by Gasteiger charge is -2.23. The Morgan fingerprint density at radius 3 is 2.74 bits per heavy atom. The Balaban J connectivity index is 1.77. The molecule has 0 radical (unpaired) electrons. The standard InChI is InChI=1S/C22H25ClN2O2/c1-4-15(3)17-7-5-6-8-20(17)25-13-16(12-21(25)26)22(27)24-19-10-9-14(2)11-18(19)23/h5-11,15-16H,4,12-13H2,1-3H3,(H,24,27)/t15-,16+/m0/s1. The molecule has 4 nitrogen and oxygen atoms in total. The average molecular weight is 385 g/mol. The Kier molecular flexibility index (Phi) is 5.85. The molecule has 2 aromatic carbocycles. The van der Waals surface area contributed by atoms with Crippen molar-refractivity contribution in [1.82, 2.24) is 0 Å². The average Bonchev–Trinajstić information content (AvgIpc) is 3.05. The van der Waals surface area contributed by atoms with Crippen LogP contribution in [-0.4, -0.2) is 18.4 Å². The van der Waals surface area contributed by atoms with E-state index < -0.39 is 0 Å². The van der Waals surface area contributed by atoms with Gasteiger partial charge in [-0.25, -0.2) is 0 Å². The topological polar surface area (TPSA) is 49.4 Å². The number of hydrogen-bond donors (Lipinski definition) is 1. The van der Waals surface area contributed by atoms with Gasteiger partial charge in [-0.2, -0.15) is 0 Å². The molecule has 1 fully saturated rings. The van der Waals surface area contributed by atoms with Gasteiger partial charge in [0.05, 0.1) is 16.6 Å². The highest BCUT2D eigenvalue weighted by Gasteiger charge is 2.36. The Morgan fingerprint density at radius 2 is 2.04 bits per heavy atom. The number of hydrogen-bond acceptors (Lipinski definition) is 2. The highest BCUT2D eigenvalue weighted by atomic mass is 35.5. The van der Waals surface area contributed by atoms with Gasteiger partial charge < -0.3 is 10.2 Å². The summed E-state index contributed by atoms with van der Waals surface area (Å²) in [5.74, 6) is -0.216. The molecular weight excluding hydrogens is 360 g/mol. The number of benzene rings is 2. The van der Waals surface area contributed by atoms with Crippen molar-refractivity contribution in [2.75, 3.05) is 16.8 Å². The molecule has 0 aromatic heterocycles. The van der Waals surface area contributed by atoms with Crippen LogP contribution in [-0.2, 0) is 9.59 Å². The predicted molar refractivity (Wildman–Crippen MR) is 110 cm³/mol. The van der Waals surface area contributed by atoms with Crippen LogP contribution in [0, 0.1) is 12.8 Å². The molecule has 3 rings (SSSR count). The largest absolute Gasteiger partial charge is 0.324 e. The molecule has 5 heteroatoms. The Hall–Kier alpha value is -2.33. The summed E-state index contributed by atoms with van der Waals surface area (Å²) in [6.07, 6.45) is 1.21. The molecule has 2 aromatic rings. The first kappa shape index (κ1) is 19.4. The lowest BCUT2D eigenvalue weighted by molar-refractivity contribution is -0.122. The van der Waals surface area contributed by atoms with Crippen LogP contribution in [0.1, 0.15) is 43.7 Å². The molecule has 0 aliphatic carbocycles. The monoisotopic (exact) mass is 384 g/mol. The van der Waals surface area contributed by atoms with E-state index in [9.17, 15) is 9.59 Å². The zero-order chi connectivity index (χ0) is 19.6. The van der Waals surface area contributed by atoms with Crippen molar-refractivity contribution < 1.29 is 9.59 Å². The van der Waals surface area contributed by atoms with Crippen LogP contribution >= 0.6 is 11.6 Å². The molecule has 142 valence electrons. The van der Waals surface area contributed by atoms with Crippen LogP contribution in [0.3, 0.4) is 0 Å². The minimum Gasteiger partial charge on any atom is -0.324 e. The Morgan fingerprint density at radius 1 is 1.30 bits per heavy atom. The normalized spacial score (nSPS) is 17.9. The maximum absolute atomic E-state index is 12.7. The number of rotatable bonds is 5. The summed E-state index contributed by atoms with van der Waals surface area (Å²) < 4.78 is 0. The quantitative estimate of drug-likeness (QED) is 0.774. The number of anilines is 2. The minimum absolute atomic E-state index is 0.0130. The fourth-order valence-electron chi connectivity index (χ4n) is 3.44. The van der Waals surface area contributed by atoms with E-state index in [0.717, 1.165) is 23.2 Å². The van der Waals surface area contributed by atoms with Gasteiger partial charge in [-0.05, 0) is 48.6 Å². The van der Waals surface area contributed by atoms with E-state index in [2.05, 4.69) is 25.2 Å². The maximum atomic E-state index is 12.7. The molecule has 2 amide bonds. The van der Waals surface area contributed by atoms with Gasteiger partial charge in [0, 0.05) is 18.7 Å². The van der Waals surface area contributed by atoms with E-state index in [1.807, 2.05) is 37.3 Å². The summed E-state index contributed by atoms with van der Waals surface area (Å²) in [6, 6.07) is 13.5. The van der Waals surface area contributed by atoms with Crippen LogP contribution in [0.25, 0.3) is 0 Å². The van der Waals surface area contributed by atoms with Crippen LogP contribution in [0.2, 0.25) is 5.02 Å². The van der Waals surface area contributed by atoms with Crippen LogP contribution < -0.4 is 10.2 Å². The van der Waals surface area contributed by atoms with Gasteiger partial charge in [0.15, 0.2) is 0 Å². The number of aryl methyl sites for hydroxylation is 1. The maximum Gasteiger partial charge on any atom is 0.229 e. The van der Waals surface area contributed by atoms with E-state index in [4.69, 9.17) is 11.6 Å². The molecule has 0 spiro atoms. The molecule has 27 heavy (non-hydrogen) atoms. The van der Waals surface area contributed by atoms with Crippen molar-refractivity contribution in [2.45, 2.75) is 39.5 Å². The molecule has 0 bridgehead atoms.